The van der Waals surface area contributed by atoms with Crippen LogP contribution in [0.3, 0.4) is 0 Å². The van der Waals surface area contributed by atoms with E-state index in [1.54, 1.807) is 6.92 Å². The molecule has 0 radical (unpaired) electrons. The van der Waals surface area contributed by atoms with E-state index in [4.69, 9.17) is 0 Å². The van der Waals surface area contributed by atoms with Gasteiger partial charge in [0.25, 0.3) is 11.7 Å². The molecule has 4 heteroatoms. The van der Waals surface area contributed by atoms with Crippen molar-refractivity contribution in [3.05, 3.63) is 29.1 Å². The van der Waals surface area contributed by atoms with E-state index in [1.165, 1.54) is 12.1 Å². The van der Waals surface area contributed by atoms with Crippen LogP contribution >= 0.6 is 0 Å². The van der Waals surface area contributed by atoms with Crippen molar-refractivity contribution < 1.29 is 14.0 Å². The molecule has 0 saturated carbocycles. The van der Waals surface area contributed by atoms with Gasteiger partial charge in [-0.1, -0.05) is 6.07 Å². The number of nitrogens with one attached hydrogen (secondary N) is 1. The fourth-order valence-electron chi connectivity index (χ4n) is 1.28. The van der Waals surface area contributed by atoms with Crippen molar-refractivity contribution in [1.29, 1.82) is 0 Å². The van der Waals surface area contributed by atoms with Crippen LogP contribution in [0, 0.1) is 12.7 Å². The molecule has 0 unspecified atom stereocenters. The van der Waals surface area contributed by atoms with Crippen LogP contribution < -0.4 is 5.32 Å². The van der Waals surface area contributed by atoms with Gasteiger partial charge in [-0.2, -0.15) is 0 Å². The predicted octanol–water partition coefficient (Wildman–Crippen LogP) is 1.27. The largest absolute Gasteiger partial charge is 0.316 e. The molecule has 0 atom stereocenters. The lowest BCUT2D eigenvalue weighted by Crippen LogP contribution is -2.12. The molecule has 1 aromatic carbocycles. The van der Waals surface area contributed by atoms with Gasteiger partial charge in [-0.05, 0) is 18.6 Å². The number of Topliss-reactive ketones (excluding diaryl/α,β-unsaturated/α-hetero) is 1. The Balaban J connectivity index is 2.70. The summed E-state index contributed by atoms with van der Waals surface area (Å²) < 4.78 is 13.3. The predicted molar refractivity (Wildman–Crippen MR) is 44.1 cm³/mol. The van der Waals surface area contributed by atoms with E-state index in [9.17, 15) is 14.0 Å². The van der Waals surface area contributed by atoms with Crippen LogP contribution in [-0.4, -0.2) is 11.7 Å². The van der Waals surface area contributed by atoms with Gasteiger partial charge in [-0.25, -0.2) is 4.39 Å². The molecule has 13 heavy (non-hydrogen) atoms. The van der Waals surface area contributed by atoms with Crippen molar-refractivity contribution in [2.24, 2.45) is 0 Å². The number of fused-ring (bicyclic) bond motifs is 1. The van der Waals surface area contributed by atoms with Gasteiger partial charge in [0.1, 0.15) is 5.82 Å². The van der Waals surface area contributed by atoms with Crippen molar-refractivity contribution in [2.75, 3.05) is 5.32 Å². The number of carbonyl (C=O) groups is 2. The standard InChI is InChI=1S/C9H6FNO2/c1-4-2-3-5-7(6(4)10)11-9(13)8(5)12/h2-3H,1H3,(H,11,12,13). The maximum Gasteiger partial charge on any atom is 0.296 e. The molecule has 66 valence electrons. The van der Waals surface area contributed by atoms with Crippen molar-refractivity contribution in [2.45, 2.75) is 6.92 Å². The summed E-state index contributed by atoms with van der Waals surface area (Å²) in [6.45, 7) is 1.57. The molecule has 1 aliphatic heterocycles. The highest BCUT2D eigenvalue weighted by atomic mass is 19.1. The second kappa shape index (κ2) is 2.39. The van der Waals surface area contributed by atoms with Crippen molar-refractivity contribution >= 4 is 17.4 Å². The summed E-state index contributed by atoms with van der Waals surface area (Å²) in [5.41, 5.74) is 0.539. The number of benzene rings is 1. The van der Waals surface area contributed by atoms with Gasteiger partial charge in [-0.3, -0.25) is 9.59 Å². The first kappa shape index (κ1) is 7.91. The zero-order valence-corrected chi connectivity index (χ0v) is 6.85. The highest BCUT2D eigenvalue weighted by Gasteiger charge is 2.30. The molecule has 0 aromatic heterocycles. The van der Waals surface area contributed by atoms with E-state index >= 15 is 0 Å². The molecule has 0 aliphatic carbocycles. The summed E-state index contributed by atoms with van der Waals surface area (Å²) >= 11 is 0. The minimum atomic E-state index is -0.764. The maximum atomic E-state index is 13.3. The van der Waals surface area contributed by atoms with E-state index in [0.29, 0.717) is 5.56 Å². The van der Waals surface area contributed by atoms with Gasteiger partial charge in [0, 0.05) is 0 Å². The summed E-state index contributed by atoms with van der Waals surface area (Å²) in [4.78, 5) is 21.9. The second-order valence-electron chi connectivity index (χ2n) is 2.90. The average molecular weight is 179 g/mol. The van der Waals surface area contributed by atoms with Crippen LogP contribution in [0.2, 0.25) is 0 Å². The maximum absolute atomic E-state index is 13.3. The topological polar surface area (TPSA) is 46.2 Å². The lowest BCUT2D eigenvalue weighted by atomic mass is 10.1. The Bertz CT molecular complexity index is 426. The fraction of sp³-hybridized carbons (Fsp3) is 0.111. The molecule has 2 rings (SSSR count). The Kier molecular flexibility index (Phi) is 1.45. The summed E-state index contributed by atoms with van der Waals surface area (Å²) in [7, 11) is 0. The van der Waals surface area contributed by atoms with Crippen molar-refractivity contribution in [3.8, 4) is 0 Å². The van der Waals surface area contributed by atoms with E-state index in [2.05, 4.69) is 5.32 Å². The lowest BCUT2D eigenvalue weighted by molar-refractivity contribution is -0.112. The number of carbonyl (C=O) groups excluding carboxylic acids is 2. The first-order valence-corrected chi connectivity index (χ1v) is 3.76. The van der Waals surface area contributed by atoms with Crippen LogP contribution in [0.5, 0.6) is 0 Å². The molecule has 1 aromatic rings. The fourth-order valence-corrected chi connectivity index (χ4v) is 1.28. The number of amides is 1. The van der Waals surface area contributed by atoms with Crippen LogP contribution in [-0.2, 0) is 4.79 Å². The highest BCUT2D eigenvalue weighted by Crippen LogP contribution is 2.27. The lowest BCUT2D eigenvalue weighted by Gasteiger charge is -2.00. The molecule has 1 amide bonds. The Labute approximate surface area is 73.6 Å². The van der Waals surface area contributed by atoms with E-state index in [1.807, 2.05) is 0 Å². The molecule has 1 N–H and O–H groups in total. The van der Waals surface area contributed by atoms with E-state index < -0.39 is 17.5 Å². The number of anilines is 1. The second-order valence-corrected chi connectivity index (χ2v) is 2.90. The normalized spacial score (nSPS) is 14.3. The minimum Gasteiger partial charge on any atom is -0.316 e. The van der Waals surface area contributed by atoms with Gasteiger partial charge >= 0.3 is 0 Å². The van der Waals surface area contributed by atoms with Crippen LogP contribution in [0.15, 0.2) is 12.1 Å². The van der Waals surface area contributed by atoms with Crippen LogP contribution in [0.1, 0.15) is 15.9 Å². The number of hydrogen-bond acceptors (Lipinski definition) is 2. The van der Waals surface area contributed by atoms with Gasteiger partial charge in [0.15, 0.2) is 0 Å². The summed E-state index contributed by atoms with van der Waals surface area (Å²) in [6, 6.07) is 2.93. The molecular weight excluding hydrogens is 173 g/mol. The number of hydrogen-bond donors (Lipinski definition) is 1. The quantitative estimate of drug-likeness (QED) is 0.609. The number of halogens is 1. The van der Waals surface area contributed by atoms with Crippen molar-refractivity contribution in [3.63, 3.8) is 0 Å². The molecule has 0 spiro atoms. The first-order valence-electron chi connectivity index (χ1n) is 3.76. The molecule has 0 bridgehead atoms. The summed E-state index contributed by atoms with van der Waals surface area (Å²) in [6.07, 6.45) is 0. The number of ketones is 1. The Morgan fingerprint density at radius 1 is 1.31 bits per heavy atom. The molecule has 3 nitrogen and oxygen atoms in total. The Morgan fingerprint density at radius 2 is 2.00 bits per heavy atom. The van der Waals surface area contributed by atoms with Gasteiger partial charge in [0.2, 0.25) is 0 Å². The van der Waals surface area contributed by atoms with Crippen LogP contribution in [0.25, 0.3) is 0 Å². The zero-order chi connectivity index (χ0) is 9.59. The van der Waals surface area contributed by atoms with Gasteiger partial charge < -0.3 is 5.32 Å². The number of rotatable bonds is 0. The summed E-state index contributed by atoms with van der Waals surface area (Å²) in [5.74, 6) is -1.97. The highest BCUT2D eigenvalue weighted by molar-refractivity contribution is 6.51. The third-order valence-corrected chi connectivity index (χ3v) is 2.02. The van der Waals surface area contributed by atoms with Gasteiger partial charge in [0.05, 0.1) is 11.3 Å². The van der Waals surface area contributed by atoms with Gasteiger partial charge in [-0.15, -0.1) is 0 Å². The third kappa shape index (κ3) is 0.950. The molecular formula is C9H6FNO2. The van der Waals surface area contributed by atoms with E-state index in [0.717, 1.165) is 0 Å². The molecule has 1 heterocycles. The van der Waals surface area contributed by atoms with Crippen molar-refractivity contribution in [1.82, 2.24) is 0 Å². The molecule has 0 fully saturated rings. The molecule has 0 saturated heterocycles. The number of aryl methyl sites for hydroxylation is 1. The average Bonchev–Trinajstić information content (AvgIpc) is 2.38. The molecule has 1 aliphatic rings. The minimum absolute atomic E-state index is 0.00926. The smallest absolute Gasteiger partial charge is 0.296 e. The van der Waals surface area contributed by atoms with E-state index in [-0.39, 0.29) is 11.3 Å². The SMILES string of the molecule is Cc1ccc2c(c1F)NC(=O)C2=O. The third-order valence-electron chi connectivity index (χ3n) is 2.02. The Hall–Kier alpha value is -1.71. The van der Waals surface area contributed by atoms with Crippen LogP contribution in [0.4, 0.5) is 10.1 Å². The summed E-state index contributed by atoms with van der Waals surface area (Å²) in [5, 5.41) is 2.19. The zero-order valence-electron chi connectivity index (χ0n) is 6.85. The monoisotopic (exact) mass is 179 g/mol. The first-order chi connectivity index (χ1) is 6.11. The Morgan fingerprint density at radius 3 is 2.69 bits per heavy atom.